The maximum Gasteiger partial charge on any atom is 0.328 e. The quantitative estimate of drug-likeness (QED) is 0.531. The molecule has 154 valence electrons. The van der Waals surface area contributed by atoms with Crippen molar-refractivity contribution in [3.8, 4) is 11.3 Å². The van der Waals surface area contributed by atoms with Gasteiger partial charge in [-0.3, -0.25) is 9.59 Å². The molecule has 3 rings (SSSR count). The molecular weight excluding hydrogens is 384 g/mol. The molecule has 0 spiro atoms. The van der Waals surface area contributed by atoms with Gasteiger partial charge in [0.25, 0.3) is 5.91 Å². The normalized spacial score (nSPS) is 11.5. The highest BCUT2D eigenvalue weighted by molar-refractivity contribution is 5.95. The van der Waals surface area contributed by atoms with Crippen LogP contribution in [0.4, 0.5) is 0 Å². The summed E-state index contributed by atoms with van der Waals surface area (Å²) in [5.74, 6) is -1.23. The highest BCUT2D eigenvalue weighted by Crippen LogP contribution is 2.21. The molecule has 0 bridgehead atoms. The summed E-state index contributed by atoms with van der Waals surface area (Å²) in [4.78, 5) is 36.3. The summed E-state index contributed by atoms with van der Waals surface area (Å²) in [7, 11) is 0. The highest BCUT2D eigenvalue weighted by atomic mass is 16.5. The minimum Gasteiger partial charge on any atom is -0.459 e. The second-order valence-corrected chi connectivity index (χ2v) is 6.65. The molecule has 0 unspecified atom stereocenters. The summed E-state index contributed by atoms with van der Waals surface area (Å²) in [5, 5.41) is 2.57. The molecule has 2 aromatic carbocycles. The van der Waals surface area contributed by atoms with Gasteiger partial charge in [-0.2, -0.15) is 0 Å². The number of ether oxygens (including phenoxy) is 1. The molecule has 30 heavy (non-hydrogen) atoms. The number of esters is 1. The average molecular weight is 406 g/mol. The molecule has 0 fully saturated rings. The minimum atomic E-state index is -1.03. The predicted octanol–water partition coefficient (Wildman–Crippen LogP) is 3.05. The van der Waals surface area contributed by atoms with Crippen LogP contribution in [0.1, 0.15) is 29.0 Å². The Hall–Kier alpha value is -3.87. The SMILES string of the molecule is NC(=O)CC[C@H](NC(=O)c1ccc(-c2ccccc2)o1)C(=O)OCc1ccccc1. The molecule has 0 aliphatic carbocycles. The van der Waals surface area contributed by atoms with E-state index in [4.69, 9.17) is 14.9 Å². The molecule has 1 atom stereocenters. The zero-order valence-electron chi connectivity index (χ0n) is 16.2. The van der Waals surface area contributed by atoms with Crippen molar-refractivity contribution < 1.29 is 23.5 Å². The van der Waals surface area contributed by atoms with Gasteiger partial charge in [0.2, 0.25) is 5.91 Å². The molecule has 3 N–H and O–H groups in total. The van der Waals surface area contributed by atoms with E-state index in [1.165, 1.54) is 6.07 Å². The van der Waals surface area contributed by atoms with Crippen molar-refractivity contribution in [2.24, 2.45) is 5.73 Å². The molecule has 0 saturated heterocycles. The average Bonchev–Trinajstić information content (AvgIpc) is 3.26. The Morgan fingerprint density at radius 3 is 2.27 bits per heavy atom. The van der Waals surface area contributed by atoms with E-state index in [9.17, 15) is 14.4 Å². The lowest BCUT2D eigenvalue weighted by molar-refractivity contribution is -0.147. The number of furan rings is 1. The van der Waals surface area contributed by atoms with Gasteiger partial charge >= 0.3 is 5.97 Å². The Labute approximate surface area is 173 Å². The van der Waals surface area contributed by atoms with Crippen LogP contribution in [0.25, 0.3) is 11.3 Å². The number of hydrogen-bond donors (Lipinski definition) is 2. The van der Waals surface area contributed by atoms with Crippen LogP contribution in [-0.2, 0) is 20.9 Å². The molecule has 7 heteroatoms. The topological polar surface area (TPSA) is 112 Å². The monoisotopic (exact) mass is 406 g/mol. The van der Waals surface area contributed by atoms with Crippen molar-refractivity contribution >= 4 is 17.8 Å². The molecule has 0 saturated carbocycles. The summed E-state index contributed by atoms with van der Waals surface area (Å²) >= 11 is 0. The first kappa shape index (κ1) is 20.9. The summed E-state index contributed by atoms with van der Waals surface area (Å²) in [5.41, 5.74) is 6.83. The van der Waals surface area contributed by atoms with E-state index in [-0.39, 0.29) is 25.2 Å². The number of rotatable bonds is 9. The fourth-order valence-corrected chi connectivity index (χ4v) is 2.81. The van der Waals surface area contributed by atoms with Gasteiger partial charge in [-0.1, -0.05) is 60.7 Å². The van der Waals surface area contributed by atoms with Crippen LogP contribution in [0.5, 0.6) is 0 Å². The van der Waals surface area contributed by atoms with E-state index in [2.05, 4.69) is 5.32 Å². The summed E-state index contributed by atoms with van der Waals surface area (Å²) in [6, 6.07) is 20.6. The van der Waals surface area contributed by atoms with E-state index < -0.39 is 23.8 Å². The molecule has 0 radical (unpaired) electrons. The van der Waals surface area contributed by atoms with Gasteiger partial charge < -0.3 is 20.2 Å². The van der Waals surface area contributed by atoms with Crippen LogP contribution >= 0.6 is 0 Å². The zero-order valence-corrected chi connectivity index (χ0v) is 16.2. The van der Waals surface area contributed by atoms with Gasteiger partial charge in [0.1, 0.15) is 18.4 Å². The van der Waals surface area contributed by atoms with E-state index in [0.29, 0.717) is 5.76 Å². The van der Waals surface area contributed by atoms with Crippen LogP contribution < -0.4 is 11.1 Å². The first-order valence-electron chi connectivity index (χ1n) is 9.48. The molecule has 7 nitrogen and oxygen atoms in total. The van der Waals surface area contributed by atoms with Crippen LogP contribution in [-0.4, -0.2) is 23.8 Å². The van der Waals surface area contributed by atoms with Gasteiger partial charge in [-0.05, 0) is 24.1 Å². The van der Waals surface area contributed by atoms with Crippen LogP contribution in [0.15, 0.2) is 77.2 Å². The lowest BCUT2D eigenvalue weighted by Gasteiger charge is -2.16. The van der Waals surface area contributed by atoms with Crippen LogP contribution in [0.3, 0.4) is 0 Å². The molecule has 1 aromatic heterocycles. The molecular formula is C23H22N2O5. The van der Waals surface area contributed by atoms with E-state index in [0.717, 1.165) is 11.1 Å². The number of benzene rings is 2. The Kier molecular flexibility index (Phi) is 7.00. The van der Waals surface area contributed by atoms with E-state index in [1.807, 2.05) is 60.7 Å². The third-order valence-corrected chi connectivity index (χ3v) is 4.38. The summed E-state index contributed by atoms with van der Waals surface area (Å²) < 4.78 is 10.9. The maximum atomic E-state index is 12.6. The van der Waals surface area contributed by atoms with Crippen molar-refractivity contribution in [3.05, 3.63) is 84.1 Å². The van der Waals surface area contributed by atoms with Crippen molar-refractivity contribution in [2.45, 2.75) is 25.5 Å². The Morgan fingerprint density at radius 1 is 0.933 bits per heavy atom. The van der Waals surface area contributed by atoms with Crippen molar-refractivity contribution in [3.63, 3.8) is 0 Å². The number of hydrogen-bond acceptors (Lipinski definition) is 5. The first-order chi connectivity index (χ1) is 14.5. The van der Waals surface area contributed by atoms with E-state index in [1.54, 1.807) is 6.07 Å². The standard InChI is InChI=1S/C23H22N2O5/c24-21(26)14-11-18(23(28)29-15-16-7-3-1-4-8-16)25-22(27)20-13-12-19(30-20)17-9-5-2-6-10-17/h1-10,12-13,18H,11,14-15H2,(H2,24,26)(H,25,27)/t18-/m0/s1. The van der Waals surface area contributed by atoms with Gasteiger partial charge in [0, 0.05) is 12.0 Å². The van der Waals surface area contributed by atoms with E-state index >= 15 is 0 Å². The smallest absolute Gasteiger partial charge is 0.328 e. The highest BCUT2D eigenvalue weighted by Gasteiger charge is 2.25. The van der Waals surface area contributed by atoms with Crippen molar-refractivity contribution in [2.75, 3.05) is 0 Å². The van der Waals surface area contributed by atoms with Gasteiger partial charge in [0.05, 0.1) is 0 Å². The molecule has 3 aromatic rings. The summed E-state index contributed by atoms with van der Waals surface area (Å²) in [6.45, 7) is 0.0571. The predicted molar refractivity (Wildman–Crippen MR) is 110 cm³/mol. The van der Waals surface area contributed by atoms with Gasteiger partial charge in [0.15, 0.2) is 5.76 Å². The number of carbonyl (C=O) groups is 3. The van der Waals surface area contributed by atoms with Gasteiger partial charge in [-0.25, -0.2) is 4.79 Å². The number of nitrogens with two attached hydrogens (primary N) is 1. The van der Waals surface area contributed by atoms with Crippen molar-refractivity contribution in [1.82, 2.24) is 5.32 Å². The first-order valence-corrected chi connectivity index (χ1v) is 9.48. The second kappa shape index (κ2) is 10.1. The van der Waals surface area contributed by atoms with Crippen LogP contribution in [0, 0.1) is 0 Å². The fraction of sp³-hybridized carbons (Fsp3) is 0.174. The second-order valence-electron chi connectivity index (χ2n) is 6.65. The number of amides is 2. The number of carbonyl (C=O) groups excluding carboxylic acids is 3. The Bertz CT molecular complexity index is 999. The number of primary amides is 1. The third-order valence-electron chi connectivity index (χ3n) is 4.38. The van der Waals surface area contributed by atoms with Crippen molar-refractivity contribution in [1.29, 1.82) is 0 Å². The Balaban J connectivity index is 1.66. The number of nitrogens with one attached hydrogen (secondary N) is 1. The Morgan fingerprint density at radius 2 is 1.60 bits per heavy atom. The van der Waals surface area contributed by atoms with Gasteiger partial charge in [-0.15, -0.1) is 0 Å². The minimum absolute atomic E-state index is 0.0287. The molecule has 0 aliphatic rings. The largest absolute Gasteiger partial charge is 0.459 e. The van der Waals surface area contributed by atoms with Crippen LogP contribution in [0.2, 0.25) is 0 Å². The molecule has 2 amide bonds. The third kappa shape index (κ3) is 5.81. The lowest BCUT2D eigenvalue weighted by atomic mass is 10.1. The summed E-state index contributed by atoms with van der Waals surface area (Å²) in [6.07, 6.45) is -0.0419. The zero-order chi connectivity index (χ0) is 21.3. The fourth-order valence-electron chi connectivity index (χ4n) is 2.81. The molecule has 1 heterocycles. The molecule has 0 aliphatic heterocycles. The maximum absolute atomic E-state index is 12.6. The lowest BCUT2D eigenvalue weighted by Crippen LogP contribution is -2.42.